The maximum Gasteiger partial charge on any atom is 0.255 e. The van der Waals surface area contributed by atoms with Crippen molar-refractivity contribution in [2.45, 2.75) is 38.6 Å². The van der Waals surface area contributed by atoms with Crippen LogP contribution in [0.5, 0.6) is 0 Å². The summed E-state index contributed by atoms with van der Waals surface area (Å²) < 4.78 is 27.2. The van der Waals surface area contributed by atoms with Crippen molar-refractivity contribution in [2.75, 3.05) is 18.4 Å². The van der Waals surface area contributed by atoms with Crippen LogP contribution >= 0.6 is 0 Å². The number of rotatable bonds is 9. The number of nitrogens with one attached hydrogen (secondary N) is 2. The first kappa shape index (κ1) is 26.1. The zero-order chi connectivity index (χ0) is 25.6. The van der Waals surface area contributed by atoms with Crippen molar-refractivity contribution >= 4 is 27.5 Å². The van der Waals surface area contributed by atoms with Crippen LogP contribution < -0.4 is 10.6 Å². The molecule has 0 heterocycles. The number of carbonyl (C=O) groups excluding carboxylic acids is 2. The first-order valence-corrected chi connectivity index (χ1v) is 13.0. The van der Waals surface area contributed by atoms with Crippen LogP contribution in [0.15, 0.2) is 77.7 Å². The number of aryl methyl sites for hydroxylation is 1. The lowest BCUT2D eigenvalue weighted by Crippen LogP contribution is -2.31. The molecule has 0 fully saturated rings. The van der Waals surface area contributed by atoms with Crippen molar-refractivity contribution in [3.05, 3.63) is 95.1 Å². The first-order valence-electron chi connectivity index (χ1n) is 11.5. The molecule has 0 bridgehead atoms. The summed E-state index contributed by atoms with van der Waals surface area (Å²) in [6, 6.07) is 20.4. The van der Waals surface area contributed by atoms with E-state index in [1.165, 1.54) is 16.4 Å². The molecule has 0 aliphatic carbocycles. The Labute approximate surface area is 207 Å². The molecule has 0 saturated heterocycles. The van der Waals surface area contributed by atoms with E-state index in [9.17, 15) is 18.0 Å². The minimum absolute atomic E-state index is 0.0928. The third-order valence-electron chi connectivity index (χ3n) is 5.82. The van der Waals surface area contributed by atoms with Gasteiger partial charge in [0.25, 0.3) is 11.8 Å². The summed E-state index contributed by atoms with van der Waals surface area (Å²) in [5.41, 5.74) is 2.94. The van der Waals surface area contributed by atoms with Gasteiger partial charge >= 0.3 is 0 Å². The second-order valence-corrected chi connectivity index (χ2v) is 10.1. The quantitative estimate of drug-likeness (QED) is 0.449. The van der Waals surface area contributed by atoms with Crippen LogP contribution in [-0.2, 0) is 10.0 Å². The third-order valence-corrected chi connectivity index (χ3v) is 7.87. The molecule has 0 aromatic heterocycles. The van der Waals surface area contributed by atoms with Crippen LogP contribution in [0.1, 0.15) is 58.7 Å². The molecule has 1 unspecified atom stereocenters. The van der Waals surface area contributed by atoms with E-state index in [0.29, 0.717) is 35.5 Å². The third kappa shape index (κ3) is 6.15. The normalized spacial score (nSPS) is 12.3. The molecule has 3 aromatic carbocycles. The molecule has 8 heteroatoms. The number of nitrogens with zero attached hydrogens (tertiary/aromatic N) is 1. The zero-order valence-corrected chi connectivity index (χ0v) is 21.2. The van der Waals surface area contributed by atoms with Crippen molar-refractivity contribution in [3.63, 3.8) is 0 Å². The SMILES string of the molecule is CCN(CC)S(=O)(=O)c1ccc(C)c(C(=O)NC(C)c2cccc(NC(=O)c3ccccc3)c2)c1. The molecular formula is C27H31N3O4S. The van der Waals surface area contributed by atoms with E-state index in [0.717, 1.165) is 5.56 Å². The Morgan fingerprint density at radius 1 is 0.886 bits per heavy atom. The Kier molecular flexibility index (Phi) is 8.43. The molecular weight excluding hydrogens is 462 g/mol. The van der Waals surface area contributed by atoms with Gasteiger partial charge in [-0.3, -0.25) is 9.59 Å². The molecule has 0 radical (unpaired) electrons. The number of benzene rings is 3. The van der Waals surface area contributed by atoms with Gasteiger partial charge in [0, 0.05) is 29.9 Å². The van der Waals surface area contributed by atoms with Gasteiger partial charge < -0.3 is 10.6 Å². The van der Waals surface area contributed by atoms with E-state index in [1.54, 1.807) is 69.3 Å². The Morgan fingerprint density at radius 3 is 2.23 bits per heavy atom. The Morgan fingerprint density at radius 2 is 1.57 bits per heavy atom. The highest BCUT2D eigenvalue weighted by Crippen LogP contribution is 2.22. The summed E-state index contributed by atoms with van der Waals surface area (Å²) in [6.07, 6.45) is 0. The smallest absolute Gasteiger partial charge is 0.255 e. The largest absolute Gasteiger partial charge is 0.346 e. The standard InChI is InChI=1S/C27H31N3O4S/c1-5-30(6-2)35(33,34)24-16-15-19(3)25(18-24)27(32)28-20(4)22-13-10-14-23(17-22)29-26(31)21-11-8-7-9-12-21/h7-18,20H,5-6H2,1-4H3,(H,28,32)(H,29,31). The highest BCUT2D eigenvalue weighted by molar-refractivity contribution is 7.89. The Balaban J connectivity index is 1.77. The van der Waals surface area contributed by atoms with E-state index in [-0.39, 0.29) is 22.8 Å². The van der Waals surface area contributed by atoms with Gasteiger partial charge in [0.1, 0.15) is 0 Å². The van der Waals surface area contributed by atoms with Gasteiger partial charge in [-0.1, -0.05) is 50.2 Å². The highest BCUT2D eigenvalue weighted by Gasteiger charge is 2.24. The van der Waals surface area contributed by atoms with Gasteiger partial charge in [0.2, 0.25) is 10.0 Å². The summed E-state index contributed by atoms with van der Waals surface area (Å²) in [5, 5.41) is 5.81. The number of sulfonamides is 1. The van der Waals surface area contributed by atoms with Crippen LogP contribution in [0, 0.1) is 6.92 Å². The fourth-order valence-corrected chi connectivity index (χ4v) is 5.24. The number of amides is 2. The van der Waals surface area contributed by atoms with Crippen molar-refractivity contribution in [1.82, 2.24) is 9.62 Å². The van der Waals surface area contributed by atoms with Gasteiger partial charge in [0.15, 0.2) is 0 Å². The van der Waals surface area contributed by atoms with Crippen LogP contribution in [-0.4, -0.2) is 37.6 Å². The lowest BCUT2D eigenvalue weighted by Gasteiger charge is -2.20. The number of anilines is 1. The van der Waals surface area contributed by atoms with Crippen molar-refractivity contribution in [2.24, 2.45) is 0 Å². The molecule has 0 spiro atoms. The second kappa shape index (κ2) is 11.3. The minimum Gasteiger partial charge on any atom is -0.346 e. The molecule has 0 aliphatic heterocycles. The average Bonchev–Trinajstić information content (AvgIpc) is 2.85. The molecule has 7 nitrogen and oxygen atoms in total. The molecule has 2 amide bonds. The summed E-state index contributed by atoms with van der Waals surface area (Å²) in [5.74, 6) is -0.591. The number of hydrogen-bond acceptors (Lipinski definition) is 4. The van der Waals surface area contributed by atoms with E-state index in [1.807, 2.05) is 19.1 Å². The Bertz CT molecular complexity index is 1300. The number of carbonyl (C=O) groups is 2. The summed E-state index contributed by atoms with van der Waals surface area (Å²) >= 11 is 0. The average molecular weight is 494 g/mol. The van der Waals surface area contributed by atoms with Crippen molar-refractivity contribution in [3.8, 4) is 0 Å². The first-order chi connectivity index (χ1) is 16.7. The summed E-state index contributed by atoms with van der Waals surface area (Å²) in [4.78, 5) is 25.7. The van der Waals surface area contributed by atoms with E-state index in [2.05, 4.69) is 10.6 Å². The van der Waals surface area contributed by atoms with Gasteiger partial charge in [-0.05, 0) is 61.4 Å². The molecule has 2 N–H and O–H groups in total. The van der Waals surface area contributed by atoms with Gasteiger partial charge in [-0.25, -0.2) is 8.42 Å². The fourth-order valence-electron chi connectivity index (χ4n) is 3.76. The topological polar surface area (TPSA) is 95.6 Å². The van der Waals surface area contributed by atoms with Crippen LogP contribution in [0.3, 0.4) is 0 Å². The molecule has 184 valence electrons. The van der Waals surface area contributed by atoms with E-state index in [4.69, 9.17) is 0 Å². The second-order valence-electron chi connectivity index (χ2n) is 8.21. The van der Waals surface area contributed by atoms with Crippen LogP contribution in [0.2, 0.25) is 0 Å². The molecule has 0 aliphatic rings. The predicted octanol–water partition coefficient (Wildman–Crippen LogP) is 4.77. The maximum atomic E-state index is 13.1. The van der Waals surface area contributed by atoms with Gasteiger partial charge in [0.05, 0.1) is 10.9 Å². The molecule has 35 heavy (non-hydrogen) atoms. The zero-order valence-electron chi connectivity index (χ0n) is 20.4. The summed E-state index contributed by atoms with van der Waals surface area (Å²) in [6.45, 7) is 7.86. The molecule has 3 aromatic rings. The van der Waals surface area contributed by atoms with Gasteiger partial charge in [-0.2, -0.15) is 4.31 Å². The predicted molar refractivity (Wildman–Crippen MR) is 138 cm³/mol. The van der Waals surface area contributed by atoms with Crippen molar-refractivity contribution < 1.29 is 18.0 Å². The number of hydrogen-bond donors (Lipinski definition) is 2. The van der Waals surface area contributed by atoms with Crippen LogP contribution in [0.25, 0.3) is 0 Å². The Hall–Kier alpha value is -3.49. The van der Waals surface area contributed by atoms with Crippen LogP contribution in [0.4, 0.5) is 5.69 Å². The lowest BCUT2D eigenvalue weighted by molar-refractivity contribution is 0.0938. The molecule has 0 saturated carbocycles. The monoisotopic (exact) mass is 493 g/mol. The summed E-state index contributed by atoms with van der Waals surface area (Å²) in [7, 11) is -3.68. The van der Waals surface area contributed by atoms with E-state index >= 15 is 0 Å². The highest BCUT2D eigenvalue weighted by atomic mass is 32.2. The fraction of sp³-hybridized carbons (Fsp3) is 0.259. The maximum absolute atomic E-state index is 13.1. The van der Waals surface area contributed by atoms with E-state index < -0.39 is 10.0 Å². The van der Waals surface area contributed by atoms with Gasteiger partial charge in [-0.15, -0.1) is 0 Å². The lowest BCUT2D eigenvalue weighted by atomic mass is 10.0. The molecule has 1 atom stereocenters. The molecule has 3 rings (SSSR count). The van der Waals surface area contributed by atoms with Crippen molar-refractivity contribution in [1.29, 1.82) is 0 Å². The minimum atomic E-state index is -3.68.